The van der Waals surface area contributed by atoms with Crippen LogP contribution in [0.3, 0.4) is 0 Å². The second-order valence-corrected chi connectivity index (χ2v) is 5.34. The van der Waals surface area contributed by atoms with Gasteiger partial charge in [0.05, 0.1) is 6.61 Å². The van der Waals surface area contributed by atoms with Gasteiger partial charge in [-0.1, -0.05) is 6.07 Å². The second-order valence-electron chi connectivity index (χ2n) is 4.10. The average molecular weight is 369 g/mol. The zero-order chi connectivity index (χ0) is 13.7. The number of rotatable bonds is 5. The lowest BCUT2D eigenvalue weighted by molar-refractivity contribution is 0.318. The van der Waals surface area contributed by atoms with Gasteiger partial charge in [0.15, 0.2) is 11.5 Å². The molecule has 100 valence electrons. The molecular weight excluding hydrogens is 353 g/mol. The Morgan fingerprint density at radius 1 is 1.16 bits per heavy atom. The fourth-order valence-electron chi connectivity index (χ4n) is 1.71. The standard InChI is InChI=1S/C15H16INO2/c1-2-19-15-9-11(3-8-14(15)18)10-17-13-6-4-12(16)5-7-13/h3-9,17-18H,2,10H2,1H3. The number of aromatic hydroxyl groups is 1. The molecule has 3 nitrogen and oxygen atoms in total. The predicted molar refractivity (Wildman–Crippen MR) is 85.8 cm³/mol. The maximum atomic E-state index is 9.64. The Morgan fingerprint density at radius 2 is 1.89 bits per heavy atom. The van der Waals surface area contributed by atoms with Crippen molar-refractivity contribution < 1.29 is 9.84 Å². The highest BCUT2D eigenvalue weighted by atomic mass is 127. The van der Waals surface area contributed by atoms with E-state index in [0.29, 0.717) is 18.9 Å². The molecule has 2 N–H and O–H groups in total. The number of ether oxygens (including phenoxy) is 1. The molecule has 0 amide bonds. The smallest absolute Gasteiger partial charge is 0.161 e. The van der Waals surface area contributed by atoms with Gasteiger partial charge in [-0.2, -0.15) is 0 Å². The van der Waals surface area contributed by atoms with E-state index >= 15 is 0 Å². The molecular formula is C15H16INO2. The van der Waals surface area contributed by atoms with Gasteiger partial charge in [0.2, 0.25) is 0 Å². The fourth-order valence-corrected chi connectivity index (χ4v) is 2.07. The molecule has 0 aliphatic carbocycles. The molecule has 0 bridgehead atoms. The minimum absolute atomic E-state index is 0.180. The number of phenols is 1. The highest BCUT2D eigenvalue weighted by Crippen LogP contribution is 2.27. The lowest BCUT2D eigenvalue weighted by atomic mass is 10.2. The highest BCUT2D eigenvalue weighted by Gasteiger charge is 2.03. The number of phenolic OH excluding ortho intramolecular Hbond substituents is 1. The molecule has 0 aliphatic heterocycles. The molecule has 0 aromatic heterocycles. The van der Waals surface area contributed by atoms with Crippen LogP contribution in [0.15, 0.2) is 42.5 Å². The Labute approximate surface area is 126 Å². The molecule has 0 unspecified atom stereocenters. The van der Waals surface area contributed by atoms with Gasteiger partial charge >= 0.3 is 0 Å². The van der Waals surface area contributed by atoms with Crippen LogP contribution < -0.4 is 10.1 Å². The van der Waals surface area contributed by atoms with E-state index in [1.807, 2.05) is 31.2 Å². The first kappa shape index (κ1) is 14.0. The lowest BCUT2D eigenvalue weighted by Crippen LogP contribution is -2.00. The van der Waals surface area contributed by atoms with Crippen LogP contribution in [0.4, 0.5) is 5.69 Å². The molecule has 2 rings (SSSR count). The fraction of sp³-hybridized carbons (Fsp3) is 0.200. The minimum atomic E-state index is 0.180. The molecule has 0 atom stereocenters. The van der Waals surface area contributed by atoms with E-state index in [-0.39, 0.29) is 5.75 Å². The first-order chi connectivity index (χ1) is 9.19. The maximum absolute atomic E-state index is 9.64. The van der Waals surface area contributed by atoms with Crippen LogP contribution in [-0.4, -0.2) is 11.7 Å². The summed E-state index contributed by atoms with van der Waals surface area (Å²) in [5.41, 5.74) is 2.14. The SMILES string of the molecule is CCOc1cc(CNc2ccc(I)cc2)ccc1O. The van der Waals surface area contributed by atoms with Crippen molar-refractivity contribution in [2.45, 2.75) is 13.5 Å². The number of hydrogen-bond acceptors (Lipinski definition) is 3. The summed E-state index contributed by atoms with van der Waals surface area (Å²) < 4.78 is 6.58. The van der Waals surface area contributed by atoms with Crippen molar-refractivity contribution >= 4 is 28.3 Å². The van der Waals surface area contributed by atoms with Crippen molar-refractivity contribution in [2.24, 2.45) is 0 Å². The largest absolute Gasteiger partial charge is 0.504 e. The number of benzene rings is 2. The van der Waals surface area contributed by atoms with E-state index in [9.17, 15) is 5.11 Å². The summed E-state index contributed by atoms with van der Waals surface area (Å²) in [6, 6.07) is 13.6. The normalized spacial score (nSPS) is 10.2. The number of anilines is 1. The monoisotopic (exact) mass is 369 g/mol. The summed E-state index contributed by atoms with van der Waals surface area (Å²) in [6.07, 6.45) is 0. The van der Waals surface area contributed by atoms with Crippen molar-refractivity contribution in [2.75, 3.05) is 11.9 Å². The number of hydrogen-bond donors (Lipinski definition) is 2. The molecule has 0 aliphatic rings. The summed E-state index contributed by atoms with van der Waals surface area (Å²) in [5.74, 6) is 0.712. The molecule has 4 heteroatoms. The van der Waals surface area contributed by atoms with E-state index < -0.39 is 0 Å². The van der Waals surface area contributed by atoms with Crippen molar-refractivity contribution in [3.63, 3.8) is 0 Å². The Kier molecular flexibility index (Phi) is 4.90. The molecule has 0 saturated heterocycles. The third-order valence-electron chi connectivity index (χ3n) is 2.66. The Morgan fingerprint density at radius 3 is 2.58 bits per heavy atom. The average Bonchev–Trinajstić information content (AvgIpc) is 2.42. The molecule has 2 aromatic rings. The van der Waals surface area contributed by atoms with Crippen LogP contribution in [0.1, 0.15) is 12.5 Å². The van der Waals surface area contributed by atoms with Gasteiger partial charge < -0.3 is 15.2 Å². The topological polar surface area (TPSA) is 41.5 Å². The Bertz CT molecular complexity index is 540. The van der Waals surface area contributed by atoms with Crippen molar-refractivity contribution in [3.05, 3.63) is 51.6 Å². The van der Waals surface area contributed by atoms with E-state index in [1.165, 1.54) is 3.57 Å². The van der Waals surface area contributed by atoms with Gasteiger partial charge in [-0.25, -0.2) is 0 Å². The van der Waals surface area contributed by atoms with Gasteiger partial charge in [-0.05, 0) is 71.5 Å². The molecule has 0 saturated carbocycles. The zero-order valence-electron chi connectivity index (χ0n) is 10.7. The van der Waals surface area contributed by atoms with E-state index in [4.69, 9.17) is 4.74 Å². The van der Waals surface area contributed by atoms with Crippen LogP contribution >= 0.6 is 22.6 Å². The van der Waals surface area contributed by atoms with Crippen LogP contribution in [0.2, 0.25) is 0 Å². The lowest BCUT2D eigenvalue weighted by Gasteiger charge is -2.10. The van der Waals surface area contributed by atoms with E-state index in [2.05, 4.69) is 40.0 Å². The van der Waals surface area contributed by atoms with Gasteiger partial charge in [0.1, 0.15) is 0 Å². The van der Waals surface area contributed by atoms with Gasteiger partial charge in [0.25, 0.3) is 0 Å². The Balaban J connectivity index is 2.03. The Hall–Kier alpha value is -1.43. The van der Waals surface area contributed by atoms with Crippen LogP contribution in [-0.2, 0) is 6.54 Å². The van der Waals surface area contributed by atoms with E-state index in [0.717, 1.165) is 11.3 Å². The first-order valence-corrected chi connectivity index (χ1v) is 7.21. The summed E-state index contributed by atoms with van der Waals surface area (Å²) in [4.78, 5) is 0. The summed E-state index contributed by atoms with van der Waals surface area (Å²) in [7, 11) is 0. The molecule has 0 spiro atoms. The van der Waals surface area contributed by atoms with Crippen molar-refractivity contribution in [1.82, 2.24) is 0 Å². The maximum Gasteiger partial charge on any atom is 0.161 e. The minimum Gasteiger partial charge on any atom is -0.504 e. The molecule has 2 aromatic carbocycles. The second kappa shape index (κ2) is 6.65. The molecule has 0 heterocycles. The number of halogens is 1. The quantitative estimate of drug-likeness (QED) is 0.783. The third-order valence-corrected chi connectivity index (χ3v) is 3.38. The molecule has 0 radical (unpaired) electrons. The van der Waals surface area contributed by atoms with Gasteiger partial charge in [-0.3, -0.25) is 0 Å². The third kappa shape index (κ3) is 4.02. The first-order valence-electron chi connectivity index (χ1n) is 6.13. The van der Waals surface area contributed by atoms with Crippen molar-refractivity contribution in [3.8, 4) is 11.5 Å². The van der Waals surface area contributed by atoms with Crippen LogP contribution in [0, 0.1) is 3.57 Å². The predicted octanol–water partition coefficient (Wildman–Crippen LogP) is 4.01. The highest BCUT2D eigenvalue weighted by molar-refractivity contribution is 14.1. The van der Waals surface area contributed by atoms with Gasteiger partial charge in [0, 0.05) is 15.8 Å². The van der Waals surface area contributed by atoms with Gasteiger partial charge in [-0.15, -0.1) is 0 Å². The van der Waals surface area contributed by atoms with E-state index in [1.54, 1.807) is 6.07 Å². The summed E-state index contributed by atoms with van der Waals surface area (Å²) in [6.45, 7) is 3.14. The number of nitrogens with one attached hydrogen (secondary N) is 1. The summed E-state index contributed by atoms with van der Waals surface area (Å²) >= 11 is 2.28. The van der Waals surface area contributed by atoms with Crippen LogP contribution in [0.25, 0.3) is 0 Å². The summed E-state index contributed by atoms with van der Waals surface area (Å²) in [5, 5.41) is 13.0. The van der Waals surface area contributed by atoms with Crippen molar-refractivity contribution in [1.29, 1.82) is 0 Å². The molecule has 19 heavy (non-hydrogen) atoms. The molecule has 0 fully saturated rings. The zero-order valence-corrected chi connectivity index (χ0v) is 12.8. The van der Waals surface area contributed by atoms with Crippen LogP contribution in [0.5, 0.6) is 11.5 Å².